The number of hydrogen-bond acceptors (Lipinski definition) is 3. The van der Waals surface area contributed by atoms with Crippen molar-refractivity contribution in [1.82, 2.24) is 9.80 Å². The zero-order valence-corrected chi connectivity index (χ0v) is 14.1. The van der Waals surface area contributed by atoms with Gasteiger partial charge in [-0.15, -0.1) is 0 Å². The van der Waals surface area contributed by atoms with Gasteiger partial charge in [-0.3, -0.25) is 14.5 Å². The van der Waals surface area contributed by atoms with Crippen LogP contribution in [0.1, 0.15) is 20.7 Å². The molecule has 1 amide bonds. The van der Waals surface area contributed by atoms with E-state index in [2.05, 4.69) is 4.90 Å². The van der Waals surface area contributed by atoms with Gasteiger partial charge in [0.2, 0.25) is 0 Å². The van der Waals surface area contributed by atoms with Crippen LogP contribution in [0.15, 0.2) is 54.6 Å². The maximum Gasteiger partial charge on any atom is 0.253 e. The fraction of sp³-hybridized carbons (Fsp3) is 0.263. The Morgan fingerprint density at radius 2 is 1.54 bits per heavy atom. The lowest BCUT2D eigenvalue weighted by Crippen LogP contribution is -2.49. The molecule has 4 nitrogen and oxygen atoms in total. The summed E-state index contributed by atoms with van der Waals surface area (Å²) < 4.78 is 0. The number of rotatable bonds is 4. The Hall–Kier alpha value is -2.17. The number of benzene rings is 2. The third kappa shape index (κ3) is 4.02. The molecule has 1 saturated heterocycles. The number of hydrogen-bond donors (Lipinski definition) is 0. The van der Waals surface area contributed by atoms with Gasteiger partial charge in [0.1, 0.15) is 0 Å². The van der Waals surface area contributed by atoms with Gasteiger partial charge in [-0.2, -0.15) is 0 Å². The highest BCUT2D eigenvalue weighted by atomic mass is 35.5. The lowest BCUT2D eigenvalue weighted by molar-refractivity contribution is 0.0624. The SMILES string of the molecule is O=C(CN1CCN(C(=O)c2cccc(Cl)c2)CC1)c1ccccc1. The average molecular weight is 343 g/mol. The molecule has 0 aliphatic carbocycles. The predicted octanol–water partition coefficient (Wildman–Crippen LogP) is 2.98. The first-order chi connectivity index (χ1) is 11.6. The van der Waals surface area contributed by atoms with E-state index in [0.717, 1.165) is 5.56 Å². The van der Waals surface area contributed by atoms with E-state index >= 15 is 0 Å². The van der Waals surface area contributed by atoms with E-state index in [1.165, 1.54) is 0 Å². The minimum Gasteiger partial charge on any atom is -0.336 e. The summed E-state index contributed by atoms with van der Waals surface area (Å²) in [6.07, 6.45) is 0. The summed E-state index contributed by atoms with van der Waals surface area (Å²) >= 11 is 5.95. The Morgan fingerprint density at radius 1 is 0.875 bits per heavy atom. The van der Waals surface area contributed by atoms with Crippen molar-refractivity contribution in [3.05, 3.63) is 70.7 Å². The van der Waals surface area contributed by atoms with E-state index in [-0.39, 0.29) is 11.7 Å². The smallest absolute Gasteiger partial charge is 0.253 e. The van der Waals surface area contributed by atoms with Gasteiger partial charge in [0.05, 0.1) is 6.54 Å². The molecule has 0 saturated carbocycles. The summed E-state index contributed by atoms with van der Waals surface area (Å²) in [4.78, 5) is 28.6. The molecule has 5 heteroatoms. The van der Waals surface area contributed by atoms with E-state index < -0.39 is 0 Å². The molecule has 1 aliphatic heterocycles. The highest BCUT2D eigenvalue weighted by molar-refractivity contribution is 6.30. The minimum atomic E-state index is -0.00784. The van der Waals surface area contributed by atoms with E-state index in [4.69, 9.17) is 11.6 Å². The van der Waals surface area contributed by atoms with Gasteiger partial charge in [-0.25, -0.2) is 0 Å². The second-order valence-electron chi connectivity index (χ2n) is 5.87. The van der Waals surface area contributed by atoms with E-state index in [1.54, 1.807) is 24.3 Å². The molecule has 3 rings (SSSR count). The van der Waals surface area contributed by atoms with Crippen molar-refractivity contribution in [1.29, 1.82) is 0 Å². The average Bonchev–Trinajstić information content (AvgIpc) is 2.62. The topological polar surface area (TPSA) is 40.6 Å². The van der Waals surface area contributed by atoms with Crippen LogP contribution >= 0.6 is 11.6 Å². The molecule has 0 aromatic heterocycles. The van der Waals surface area contributed by atoms with Crippen LogP contribution in [0.5, 0.6) is 0 Å². The van der Waals surface area contributed by atoms with Crippen molar-refractivity contribution in [2.75, 3.05) is 32.7 Å². The maximum atomic E-state index is 12.5. The summed E-state index contributed by atoms with van der Waals surface area (Å²) in [6, 6.07) is 16.3. The second-order valence-corrected chi connectivity index (χ2v) is 6.30. The molecule has 0 atom stereocenters. The summed E-state index contributed by atoms with van der Waals surface area (Å²) in [5, 5.41) is 0.563. The number of carbonyl (C=O) groups excluding carboxylic acids is 2. The largest absolute Gasteiger partial charge is 0.336 e. The Balaban J connectivity index is 1.54. The molecule has 2 aromatic rings. The van der Waals surface area contributed by atoms with Gasteiger partial charge in [0.25, 0.3) is 5.91 Å². The first kappa shape index (κ1) is 16.7. The number of piperazine rings is 1. The number of Topliss-reactive ketones (excluding diaryl/α,β-unsaturated/α-hetero) is 1. The standard InChI is InChI=1S/C19H19ClN2O2/c20-17-8-4-7-16(13-17)19(24)22-11-9-21(10-12-22)14-18(23)15-5-2-1-3-6-15/h1-8,13H,9-12,14H2. The van der Waals surface area contributed by atoms with Crippen molar-refractivity contribution >= 4 is 23.3 Å². The molecule has 0 radical (unpaired) electrons. The van der Waals surface area contributed by atoms with Crippen molar-refractivity contribution in [3.63, 3.8) is 0 Å². The Morgan fingerprint density at radius 3 is 2.21 bits per heavy atom. The molecule has 0 unspecified atom stereocenters. The molecule has 0 spiro atoms. The van der Waals surface area contributed by atoms with E-state index in [0.29, 0.717) is 43.3 Å². The predicted molar refractivity (Wildman–Crippen MR) is 94.6 cm³/mol. The fourth-order valence-electron chi connectivity index (χ4n) is 2.83. The zero-order valence-electron chi connectivity index (χ0n) is 13.3. The fourth-order valence-corrected chi connectivity index (χ4v) is 3.02. The number of nitrogens with zero attached hydrogens (tertiary/aromatic N) is 2. The number of carbonyl (C=O) groups is 2. The van der Waals surface area contributed by atoms with Gasteiger partial charge < -0.3 is 4.90 Å². The lowest BCUT2D eigenvalue weighted by Gasteiger charge is -2.34. The van der Waals surface area contributed by atoms with Crippen LogP contribution in [0.25, 0.3) is 0 Å². The highest BCUT2D eigenvalue weighted by Gasteiger charge is 2.23. The molecule has 2 aromatic carbocycles. The van der Waals surface area contributed by atoms with Crippen LogP contribution in [0.2, 0.25) is 5.02 Å². The summed E-state index contributed by atoms with van der Waals surface area (Å²) in [6.45, 7) is 3.03. The van der Waals surface area contributed by atoms with Crippen molar-refractivity contribution in [3.8, 4) is 0 Å². The highest BCUT2D eigenvalue weighted by Crippen LogP contribution is 2.14. The van der Waals surface area contributed by atoms with E-state index in [9.17, 15) is 9.59 Å². The first-order valence-electron chi connectivity index (χ1n) is 7.99. The molecular formula is C19H19ClN2O2. The quantitative estimate of drug-likeness (QED) is 0.802. The minimum absolute atomic E-state index is 0.00784. The maximum absolute atomic E-state index is 12.5. The zero-order chi connectivity index (χ0) is 16.9. The third-order valence-electron chi connectivity index (χ3n) is 4.19. The van der Waals surface area contributed by atoms with Crippen LogP contribution in [0.4, 0.5) is 0 Å². The molecule has 124 valence electrons. The normalized spacial score (nSPS) is 15.3. The van der Waals surface area contributed by atoms with Gasteiger partial charge in [0.15, 0.2) is 5.78 Å². The number of amides is 1. The van der Waals surface area contributed by atoms with Gasteiger partial charge in [-0.1, -0.05) is 48.0 Å². The first-order valence-corrected chi connectivity index (χ1v) is 8.37. The molecule has 1 heterocycles. The van der Waals surface area contributed by atoms with Crippen LogP contribution in [-0.2, 0) is 0 Å². The van der Waals surface area contributed by atoms with Crippen LogP contribution in [0, 0.1) is 0 Å². The molecule has 0 bridgehead atoms. The summed E-state index contributed by atoms with van der Waals surface area (Å²) in [5.41, 5.74) is 1.34. The number of ketones is 1. The number of halogens is 1. The molecule has 0 N–H and O–H groups in total. The monoisotopic (exact) mass is 342 g/mol. The third-order valence-corrected chi connectivity index (χ3v) is 4.43. The summed E-state index contributed by atoms with van der Waals surface area (Å²) in [7, 11) is 0. The van der Waals surface area contributed by atoms with Gasteiger partial charge in [-0.05, 0) is 18.2 Å². The van der Waals surface area contributed by atoms with Crippen molar-refractivity contribution in [2.45, 2.75) is 0 Å². The van der Waals surface area contributed by atoms with Crippen LogP contribution in [0.3, 0.4) is 0 Å². The van der Waals surface area contributed by atoms with Gasteiger partial charge in [0, 0.05) is 42.3 Å². The molecule has 1 aliphatic rings. The van der Waals surface area contributed by atoms with Crippen molar-refractivity contribution in [2.24, 2.45) is 0 Å². The Bertz CT molecular complexity index is 725. The van der Waals surface area contributed by atoms with Crippen molar-refractivity contribution < 1.29 is 9.59 Å². The summed E-state index contributed by atoms with van der Waals surface area (Å²) in [5.74, 6) is 0.108. The Kier molecular flexibility index (Phi) is 5.28. The van der Waals surface area contributed by atoms with Crippen LogP contribution in [-0.4, -0.2) is 54.2 Å². The van der Waals surface area contributed by atoms with Gasteiger partial charge >= 0.3 is 0 Å². The molecular weight excluding hydrogens is 324 g/mol. The van der Waals surface area contributed by atoms with Crippen LogP contribution < -0.4 is 0 Å². The molecule has 24 heavy (non-hydrogen) atoms. The Labute approximate surface area is 146 Å². The second kappa shape index (κ2) is 7.60. The molecule has 1 fully saturated rings. The lowest BCUT2D eigenvalue weighted by atomic mass is 10.1. The van der Waals surface area contributed by atoms with E-state index in [1.807, 2.05) is 35.2 Å².